The highest BCUT2D eigenvalue weighted by atomic mass is 16.1. The Labute approximate surface area is 111 Å². The first-order chi connectivity index (χ1) is 9.03. The predicted octanol–water partition coefficient (Wildman–Crippen LogP) is 0.467. The molecule has 98 valence electrons. The molecule has 1 heterocycles. The summed E-state index contributed by atoms with van der Waals surface area (Å²) in [4.78, 5) is 27.0. The van der Waals surface area contributed by atoms with Crippen molar-refractivity contribution >= 4 is 11.8 Å². The van der Waals surface area contributed by atoms with Gasteiger partial charge in [0.05, 0.1) is 5.41 Å². The van der Waals surface area contributed by atoms with Gasteiger partial charge in [0.2, 0.25) is 11.8 Å². The molecule has 0 aliphatic heterocycles. The van der Waals surface area contributed by atoms with E-state index in [-0.39, 0.29) is 0 Å². The standard InChI is InChI=1S/C14H15N3O2/c15-12(18)10-4-6-14(7-5-10,13(16)19)9-11-3-1-2-8-17-11/h1-6,8H,7,9H2,(H2,15,18)(H2,16,19). The third kappa shape index (κ3) is 2.70. The molecule has 0 fully saturated rings. The second kappa shape index (κ2) is 5.06. The zero-order valence-electron chi connectivity index (χ0n) is 10.4. The topological polar surface area (TPSA) is 99.1 Å². The molecule has 1 unspecified atom stereocenters. The van der Waals surface area contributed by atoms with Gasteiger partial charge < -0.3 is 11.5 Å². The largest absolute Gasteiger partial charge is 0.369 e. The van der Waals surface area contributed by atoms with Gasteiger partial charge in [0.1, 0.15) is 0 Å². The average molecular weight is 257 g/mol. The van der Waals surface area contributed by atoms with E-state index in [4.69, 9.17) is 11.5 Å². The lowest BCUT2D eigenvalue weighted by Gasteiger charge is -2.28. The van der Waals surface area contributed by atoms with Crippen molar-refractivity contribution in [3.63, 3.8) is 0 Å². The minimum Gasteiger partial charge on any atom is -0.369 e. The Kier molecular flexibility index (Phi) is 3.46. The Balaban J connectivity index is 2.26. The number of nitrogens with zero attached hydrogens (tertiary/aromatic N) is 1. The van der Waals surface area contributed by atoms with Gasteiger partial charge in [-0.15, -0.1) is 0 Å². The summed E-state index contributed by atoms with van der Waals surface area (Å²) in [6.45, 7) is 0. The highest BCUT2D eigenvalue weighted by molar-refractivity contribution is 5.96. The van der Waals surface area contributed by atoms with Crippen LogP contribution in [-0.4, -0.2) is 16.8 Å². The van der Waals surface area contributed by atoms with E-state index >= 15 is 0 Å². The maximum Gasteiger partial charge on any atom is 0.248 e. The van der Waals surface area contributed by atoms with Crippen molar-refractivity contribution in [2.45, 2.75) is 12.8 Å². The molecule has 5 nitrogen and oxygen atoms in total. The van der Waals surface area contributed by atoms with Crippen LogP contribution in [0.3, 0.4) is 0 Å². The molecule has 1 aliphatic carbocycles. The first-order valence-electron chi connectivity index (χ1n) is 5.92. The van der Waals surface area contributed by atoms with Gasteiger partial charge in [-0.3, -0.25) is 14.6 Å². The molecule has 5 heteroatoms. The number of carbonyl (C=O) groups excluding carboxylic acids is 2. The lowest BCUT2D eigenvalue weighted by Crippen LogP contribution is -2.38. The quantitative estimate of drug-likeness (QED) is 0.820. The number of allylic oxidation sites excluding steroid dienone is 1. The monoisotopic (exact) mass is 257 g/mol. The summed E-state index contributed by atoms with van der Waals surface area (Å²) >= 11 is 0. The number of hydrogen-bond donors (Lipinski definition) is 2. The number of carbonyl (C=O) groups is 2. The van der Waals surface area contributed by atoms with Crippen LogP contribution in [0.2, 0.25) is 0 Å². The molecule has 1 aliphatic rings. The van der Waals surface area contributed by atoms with E-state index in [1.165, 1.54) is 0 Å². The van der Waals surface area contributed by atoms with Crippen molar-refractivity contribution in [3.05, 3.63) is 53.9 Å². The van der Waals surface area contributed by atoms with E-state index in [1.54, 1.807) is 24.4 Å². The van der Waals surface area contributed by atoms with Crippen LogP contribution in [-0.2, 0) is 16.0 Å². The van der Waals surface area contributed by atoms with Crippen LogP contribution in [0.4, 0.5) is 0 Å². The van der Waals surface area contributed by atoms with Gasteiger partial charge in [-0.05, 0) is 18.6 Å². The third-order valence-electron chi connectivity index (χ3n) is 3.27. The molecule has 19 heavy (non-hydrogen) atoms. The molecule has 2 amide bonds. The molecule has 0 bridgehead atoms. The van der Waals surface area contributed by atoms with Crippen LogP contribution in [0.1, 0.15) is 12.1 Å². The van der Waals surface area contributed by atoms with Crippen molar-refractivity contribution < 1.29 is 9.59 Å². The fourth-order valence-corrected chi connectivity index (χ4v) is 2.09. The number of amides is 2. The molecule has 1 aromatic rings. The second-order valence-electron chi connectivity index (χ2n) is 4.58. The van der Waals surface area contributed by atoms with E-state index in [0.29, 0.717) is 18.4 Å². The first-order valence-corrected chi connectivity index (χ1v) is 5.92. The SMILES string of the molecule is NC(=O)C1=CCC(Cc2ccccn2)(C(N)=O)C=C1. The summed E-state index contributed by atoms with van der Waals surface area (Å²) in [5.74, 6) is -0.943. The van der Waals surface area contributed by atoms with Crippen molar-refractivity contribution in [3.8, 4) is 0 Å². The molecule has 1 atom stereocenters. The van der Waals surface area contributed by atoms with Gasteiger partial charge in [-0.1, -0.05) is 24.3 Å². The minimum atomic E-state index is -0.840. The molecule has 2 rings (SSSR count). The molecular weight excluding hydrogens is 242 g/mol. The van der Waals surface area contributed by atoms with E-state index in [2.05, 4.69) is 4.98 Å². The Morgan fingerprint density at radius 3 is 2.58 bits per heavy atom. The fourth-order valence-electron chi connectivity index (χ4n) is 2.09. The second-order valence-corrected chi connectivity index (χ2v) is 4.58. The van der Waals surface area contributed by atoms with Gasteiger partial charge >= 0.3 is 0 Å². The highest BCUT2D eigenvalue weighted by Gasteiger charge is 2.35. The maximum absolute atomic E-state index is 11.8. The van der Waals surface area contributed by atoms with Crippen molar-refractivity contribution in [1.82, 2.24) is 4.98 Å². The molecule has 0 spiro atoms. The lowest BCUT2D eigenvalue weighted by molar-refractivity contribution is -0.125. The van der Waals surface area contributed by atoms with Gasteiger partial charge in [0, 0.05) is 23.9 Å². The van der Waals surface area contributed by atoms with Crippen molar-refractivity contribution in [1.29, 1.82) is 0 Å². The average Bonchev–Trinajstić information content (AvgIpc) is 2.40. The Hall–Kier alpha value is -2.43. The summed E-state index contributed by atoms with van der Waals surface area (Å²) in [6.07, 6.45) is 7.29. The van der Waals surface area contributed by atoms with Crippen LogP contribution in [0.5, 0.6) is 0 Å². The van der Waals surface area contributed by atoms with E-state index < -0.39 is 17.2 Å². The zero-order chi connectivity index (χ0) is 13.9. The van der Waals surface area contributed by atoms with Crippen LogP contribution in [0.15, 0.2) is 48.2 Å². The smallest absolute Gasteiger partial charge is 0.248 e. The normalized spacial score (nSPS) is 21.8. The Morgan fingerprint density at radius 2 is 2.11 bits per heavy atom. The molecule has 1 aromatic heterocycles. The fraction of sp³-hybridized carbons (Fsp3) is 0.214. The lowest BCUT2D eigenvalue weighted by atomic mass is 9.75. The number of hydrogen-bond acceptors (Lipinski definition) is 3. The predicted molar refractivity (Wildman–Crippen MR) is 70.6 cm³/mol. The maximum atomic E-state index is 11.8. The number of pyridine rings is 1. The van der Waals surface area contributed by atoms with Gasteiger partial charge in [-0.2, -0.15) is 0 Å². The summed E-state index contributed by atoms with van der Waals surface area (Å²) in [6, 6.07) is 5.50. The van der Waals surface area contributed by atoms with Gasteiger partial charge in [0.25, 0.3) is 0 Å². The number of nitrogens with two attached hydrogens (primary N) is 2. The molecule has 4 N–H and O–H groups in total. The summed E-state index contributed by atoms with van der Waals surface area (Å²) in [5.41, 5.74) is 11.0. The number of rotatable bonds is 4. The molecular formula is C14H15N3O2. The summed E-state index contributed by atoms with van der Waals surface area (Å²) < 4.78 is 0. The number of primary amides is 2. The van der Waals surface area contributed by atoms with Gasteiger partial charge in [0.15, 0.2) is 0 Å². The first kappa shape index (κ1) is 13.0. The molecule has 0 aromatic carbocycles. The van der Waals surface area contributed by atoms with Crippen LogP contribution in [0.25, 0.3) is 0 Å². The van der Waals surface area contributed by atoms with E-state index in [0.717, 1.165) is 5.69 Å². The molecule has 0 saturated heterocycles. The number of aromatic nitrogens is 1. The summed E-state index contributed by atoms with van der Waals surface area (Å²) in [5, 5.41) is 0. The van der Waals surface area contributed by atoms with Crippen molar-refractivity contribution in [2.24, 2.45) is 16.9 Å². The van der Waals surface area contributed by atoms with Crippen LogP contribution >= 0.6 is 0 Å². The summed E-state index contributed by atoms with van der Waals surface area (Å²) in [7, 11) is 0. The van der Waals surface area contributed by atoms with E-state index in [9.17, 15) is 9.59 Å². The van der Waals surface area contributed by atoms with Crippen LogP contribution < -0.4 is 11.5 Å². The van der Waals surface area contributed by atoms with Gasteiger partial charge in [-0.25, -0.2) is 0 Å². The Bertz CT molecular complexity index is 563. The molecule has 0 saturated carbocycles. The van der Waals surface area contributed by atoms with Crippen molar-refractivity contribution in [2.75, 3.05) is 0 Å². The molecule has 0 radical (unpaired) electrons. The highest BCUT2D eigenvalue weighted by Crippen LogP contribution is 2.33. The Morgan fingerprint density at radius 1 is 1.32 bits per heavy atom. The van der Waals surface area contributed by atoms with E-state index in [1.807, 2.05) is 18.2 Å². The third-order valence-corrected chi connectivity index (χ3v) is 3.27. The minimum absolute atomic E-state index is 0.355. The van der Waals surface area contributed by atoms with Crippen LogP contribution in [0, 0.1) is 5.41 Å². The zero-order valence-corrected chi connectivity index (χ0v) is 10.4.